The molecule has 1 fully saturated rings. The standard InChI is InChI=1S/C14H19NO4/c1-17-10-5-6-13(18-2)12(8-10)15-14(16)9-11-4-3-7-19-11/h5-6,8,11H,3-4,7,9H2,1-2H3,(H,15,16). The van der Waals surface area contributed by atoms with Crippen molar-refractivity contribution in [3.8, 4) is 11.5 Å². The molecule has 1 N–H and O–H groups in total. The van der Waals surface area contributed by atoms with E-state index in [1.165, 1.54) is 0 Å². The third kappa shape index (κ3) is 3.61. The number of nitrogens with one attached hydrogen (secondary N) is 1. The first-order valence-electron chi connectivity index (χ1n) is 6.36. The van der Waals surface area contributed by atoms with E-state index >= 15 is 0 Å². The number of carbonyl (C=O) groups is 1. The molecule has 1 saturated heterocycles. The highest BCUT2D eigenvalue weighted by Gasteiger charge is 2.19. The summed E-state index contributed by atoms with van der Waals surface area (Å²) in [6.45, 7) is 0.750. The Labute approximate surface area is 112 Å². The van der Waals surface area contributed by atoms with Crippen molar-refractivity contribution in [1.82, 2.24) is 0 Å². The first-order valence-corrected chi connectivity index (χ1v) is 6.36. The molecule has 0 radical (unpaired) electrons. The maximum absolute atomic E-state index is 11.9. The average molecular weight is 265 g/mol. The van der Waals surface area contributed by atoms with Crippen LogP contribution < -0.4 is 14.8 Å². The molecule has 1 aliphatic rings. The molecular weight excluding hydrogens is 246 g/mol. The van der Waals surface area contributed by atoms with E-state index in [1.807, 2.05) is 0 Å². The van der Waals surface area contributed by atoms with Gasteiger partial charge in [-0.1, -0.05) is 0 Å². The molecular formula is C14H19NO4. The smallest absolute Gasteiger partial charge is 0.227 e. The molecule has 0 bridgehead atoms. The van der Waals surface area contributed by atoms with Crippen LogP contribution in [0.1, 0.15) is 19.3 Å². The number of amides is 1. The fourth-order valence-electron chi connectivity index (χ4n) is 2.13. The largest absolute Gasteiger partial charge is 0.497 e. The average Bonchev–Trinajstić information content (AvgIpc) is 2.91. The Bertz CT molecular complexity index is 441. The molecule has 0 saturated carbocycles. The van der Waals surface area contributed by atoms with Crippen molar-refractivity contribution in [3.63, 3.8) is 0 Å². The monoisotopic (exact) mass is 265 g/mol. The molecule has 0 aliphatic carbocycles. The summed E-state index contributed by atoms with van der Waals surface area (Å²) in [6, 6.07) is 5.29. The number of hydrogen-bond acceptors (Lipinski definition) is 4. The van der Waals surface area contributed by atoms with Crippen molar-refractivity contribution in [2.24, 2.45) is 0 Å². The zero-order valence-electron chi connectivity index (χ0n) is 11.3. The quantitative estimate of drug-likeness (QED) is 0.886. The van der Waals surface area contributed by atoms with Crippen LogP contribution in [-0.2, 0) is 9.53 Å². The van der Waals surface area contributed by atoms with Crippen molar-refractivity contribution in [2.45, 2.75) is 25.4 Å². The molecule has 104 valence electrons. The highest BCUT2D eigenvalue weighted by Crippen LogP contribution is 2.29. The molecule has 1 amide bonds. The summed E-state index contributed by atoms with van der Waals surface area (Å²) >= 11 is 0. The van der Waals surface area contributed by atoms with Crippen LogP contribution in [0.4, 0.5) is 5.69 Å². The molecule has 1 aromatic carbocycles. The number of ether oxygens (including phenoxy) is 3. The van der Waals surface area contributed by atoms with Crippen LogP contribution in [0, 0.1) is 0 Å². The number of rotatable bonds is 5. The summed E-state index contributed by atoms with van der Waals surface area (Å²) in [7, 11) is 3.15. The molecule has 2 rings (SSSR count). The first-order chi connectivity index (χ1) is 9.22. The van der Waals surface area contributed by atoms with Gasteiger partial charge in [0.1, 0.15) is 11.5 Å². The Kier molecular flexibility index (Phi) is 4.63. The zero-order chi connectivity index (χ0) is 13.7. The molecule has 1 aliphatic heterocycles. The van der Waals surface area contributed by atoms with E-state index in [4.69, 9.17) is 14.2 Å². The zero-order valence-corrected chi connectivity index (χ0v) is 11.3. The summed E-state index contributed by atoms with van der Waals surface area (Å²) in [5.74, 6) is 1.22. The fourth-order valence-corrected chi connectivity index (χ4v) is 2.13. The molecule has 0 aromatic heterocycles. The van der Waals surface area contributed by atoms with Gasteiger partial charge in [0.2, 0.25) is 5.91 Å². The molecule has 1 heterocycles. The van der Waals surface area contributed by atoms with Gasteiger partial charge >= 0.3 is 0 Å². The Morgan fingerprint density at radius 1 is 1.42 bits per heavy atom. The van der Waals surface area contributed by atoms with E-state index in [1.54, 1.807) is 32.4 Å². The highest BCUT2D eigenvalue weighted by atomic mass is 16.5. The van der Waals surface area contributed by atoms with Crippen LogP contribution in [0.25, 0.3) is 0 Å². The Morgan fingerprint density at radius 2 is 2.26 bits per heavy atom. The van der Waals surface area contributed by atoms with E-state index in [-0.39, 0.29) is 12.0 Å². The van der Waals surface area contributed by atoms with Gasteiger partial charge in [-0.3, -0.25) is 4.79 Å². The van der Waals surface area contributed by atoms with Gasteiger partial charge in [-0.2, -0.15) is 0 Å². The third-order valence-electron chi connectivity index (χ3n) is 3.12. The number of benzene rings is 1. The van der Waals surface area contributed by atoms with E-state index in [9.17, 15) is 4.79 Å². The molecule has 1 atom stereocenters. The van der Waals surface area contributed by atoms with Gasteiger partial charge in [0.15, 0.2) is 0 Å². The van der Waals surface area contributed by atoms with Crippen LogP contribution in [0.2, 0.25) is 0 Å². The summed E-state index contributed by atoms with van der Waals surface area (Å²) in [5, 5.41) is 2.84. The second-order valence-corrected chi connectivity index (χ2v) is 4.45. The summed E-state index contributed by atoms with van der Waals surface area (Å²) in [6.07, 6.45) is 2.39. The molecule has 19 heavy (non-hydrogen) atoms. The van der Waals surface area contributed by atoms with Crippen molar-refractivity contribution in [1.29, 1.82) is 0 Å². The lowest BCUT2D eigenvalue weighted by Gasteiger charge is -2.13. The lowest BCUT2D eigenvalue weighted by atomic mass is 10.1. The maximum Gasteiger partial charge on any atom is 0.227 e. The SMILES string of the molecule is COc1ccc(OC)c(NC(=O)CC2CCCO2)c1. The second kappa shape index (κ2) is 6.43. The summed E-state index contributed by atoms with van der Waals surface area (Å²) in [5.41, 5.74) is 0.616. The van der Waals surface area contributed by atoms with Crippen LogP contribution in [0.15, 0.2) is 18.2 Å². The van der Waals surface area contributed by atoms with Crippen molar-refractivity contribution in [3.05, 3.63) is 18.2 Å². The topological polar surface area (TPSA) is 56.8 Å². The van der Waals surface area contributed by atoms with Gasteiger partial charge in [0, 0.05) is 12.7 Å². The van der Waals surface area contributed by atoms with E-state index in [0.717, 1.165) is 19.4 Å². The highest BCUT2D eigenvalue weighted by molar-refractivity contribution is 5.92. The molecule has 1 unspecified atom stereocenters. The van der Waals surface area contributed by atoms with Gasteiger partial charge in [-0.25, -0.2) is 0 Å². The van der Waals surface area contributed by atoms with Crippen LogP contribution in [0.3, 0.4) is 0 Å². The minimum atomic E-state index is -0.0709. The van der Waals surface area contributed by atoms with Crippen LogP contribution in [-0.4, -0.2) is 32.8 Å². The van der Waals surface area contributed by atoms with Gasteiger partial charge in [0.25, 0.3) is 0 Å². The summed E-state index contributed by atoms with van der Waals surface area (Å²) < 4.78 is 15.8. The number of carbonyl (C=O) groups excluding carboxylic acids is 1. The first kappa shape index (κ1) is 13.7. The van der Waals surface area contributed by atoms with Crippen molar-refractivity contribution >= 4 is 11.6 Å². The Morgan fingerprint density at radius 3 is 2.89 bits per heavy atom. The molecule has 5 nitrogen and oxygen atoms in total. The number of methoxy groups -OCH3 is 2. The van der Waals surface area contributed by atoms with E-state index < -0.39 is 0 Å². The number of hydrogen-bond donors (Lipinski definition) is 1. The lowest BCUT2D eigenvalue weighted by molar-refractivity contribution is -0.118. The fraction of sp³-hybridized carbons (Fsp3) is 0.500. The van der Waals surface area contributed by atoms with Gasteiger partial charge < -0.3 is 19.5 Å². The number of anilines is 1. The Balaban J connectivity index is 2.01. The van der Waals surface area contributed by atoms with Crippen LogP contribution in [0.5, 0.6) is 11.5 Å². The summed E-state index contributed by atoms with van der Waals surface area (Å²) in [4.78, 5) is 11.9. The molecule has 0 spiro atoms. The second-order valence-electron chi connectivity index (χ2n) is 4.45. The lowest BCUT2D eigenvalue weighted by Crippen LogP contribution is -2.19. The normalized spacial score (nSPS) is 18.1. The maximum atomic E-state index is 11.9. The molecule has 1 aromatic rings. The third-order valence-corrected chi connectivity index (χ3v) is 3.12. The predicted octanol–water partition coefficient (Wildman–Crippen LogP) is 2.21. The molecule has 5 heteroatoms. The van der Waals surface area contributed by atoms with Crippen LogP contribution >= 0.6 is 0 Å². The van der Waals surface area contributed by atoms with E-state index in [0.29, 0.717) is 23.6 Å². The van der Waals surface area contributed by atoms with Gasteiger partial charge in [-0.15, -0.1) is 0 Å². The minimum Gasteiger partial charge on any atom is -0.497 e. The predicted molar refractivity (Wildman–Crippen MR) is 71.8 cm³/mol. The van der Waals surface area contributed by atoms with Gasteiger partial charge in [-0.05, 0) is 25.0 Å². The van der Waals surface area contributed by atoms with Crippen molar-refractivity contribution < 1.29 is 19.0 Å². The minimum absolute atomic E-state index is 0.0385. The Hall–Kier alpha value is -1.75. The van der Waals surface area contributed by atoms with Crippen molar-refractivity contribution in [2.75, 3.05) is 26.1 Å². The van der Waals surface area contributed by atoms with E-state index in [2.05, 4.69) is 5.32 Å². The van der Waals surface area contributed by atoms with Gasteiger partial charge in [0.05, 0.1) is 32.4 Å².